The van der Waals surface area contributed by atoms with Crippen molar-refractivity contribution in [2.75, 3.05) is 9.80 Å². The maximum absolute atomic E-state index is 9.14. The van der Waals surface area contributed by atoms with Crippen LogP contribution in [0.2, 0.25) is 0 Å². The van der Waals surface area contributed by atoms with Crippen molar-refractivity contribution in [3.8, 4) is 33.4 Å². The summed E-state index contributed by atoms with van der Waals surface area (Å²) < 4.78 is 0. The second kappa shape index (κ2) is 15.7. The molecule has 8 aromatic carbocycles. The van der Waals surface area contributed by atoms with Crippen LogP contribution >= 0.6 is 0 Å². The van der Waals surface area contributed by atoms with E-state index in [-0.39, 0.29) is 0 Å². The molecule has 0 aromatic heterocycles. The lowest BCUT2D eigenvalue weighted by molar-refractivity contribution is -0.113. The number of rotatable bonds is 9. The van der Waals surface area contributed by atoms with E-state index < -0.39 is 0 Å². The summed E-state index contributed by atoms with van der Waals surface area (Å²) >= 11 is 0. The van der Waals surface area contributed by atoms with E-state index in [9.17, 15) is 0 Å². The Bertz CT molecular complexity index is 2550. The van der Waals surface area contributed by atoms with Gasteiger partial charge in [0.05, 0.1) is 5.56 Å². The van der Waals surface area contributed by atoms with Gasteiger partial charge in [-0.25, -0.2) is 0 Å². The van der Waals surface area contributed by atoms with E-state index in [0.717, 1.165) is 67.3 Å². The van der Waals surface area contributed by atoms with Crippen LogP contribution in [0, 0.1) is 12.3 Å². The molecule has 0 aliphatic carbocycles. The largest absolute Gasteiger partial charge is 0.311 e. The lowest BCUT2D eigenvalue weighted by atomic mass is 9.89. The Hall–Kier alpha value is -7.30. The van der Waals surface area contributed by atoms with Crippen LogP contribution in [0.3, 0.4) is 0 Å². The maximum Gasteiger partial charge on any atom is 0.286 e. The minimum absolute atomic E-state index is 0.311. The molecule has 4 heteroatoms. The van der Waals surface area contributed by atoms with E-state index in [2.05, 4.69) is 151 Å². The third-order valence-electron chi connectivity index (χ3n) is 9.91. The third kappa shape index (κ3) is 7.35. The number of nitrogens with two attached hydrogens (primary N) is 1. The van der Waals surface area contributed by atoms with E-state index >= 15 is 0 Å². The highest BCUT2D eigenvalue weighted by atomic mass is 15.2. The van der Waals surface area contributed by atoms with E-state index in [1.54, 1.807) is 4.90 Å². The highest BCUT2D eigenvalue weighted by molar-refractivity contribution is 6.26. The summed E-state index contributed by atoms with van der Waals surface area (Å²) in [5, 5.41) is 16.0. The van der Waals surface area contributed by atoms with Gasteiger partial charge in [-0.05, 0) is 113 Å². The second-order valence-corrected chi connectivity index (χ2v) is 13.5. The number of hydrogen-bond acceptors (Lipinski definition) is 2. The van der Waals surface area contributed by atoms with E-state index in [0.29, 0.717) is 11.7 Å². The molecule has 0 radical (unpaired) electrons. The van der Waals surface area contributed by atoms with Crippen LogP contribution in [-0.4, -0.2) is 11.7 Å². The minimum Gasteiger partial charge on any atom is -0.311 e. The van der Waals surface area contributed by atoms with Crippen LogP contribution in [0.15, 0.2) is 212 Å². The molecule has 0 saturated carbocycles. The fourth-order valence-corrected chi connectivity index (χ4v) is 7.09. The number of aryl methyl sites for hydroxylation is 1. The molecule has 0 unspecified atom stereocenters. The molecule has 0 heterocycles. The zero-order valence-electron chi connectivity index (χ0n) is 30.7. The van der Waals surface area contributed by atoms with Crippen molar-refractivity contribution in [2.24, 2.45) is 0 Å². The summed E-state index contributed by atoms with van der Waals surface area (Å²) in [7, 11) is 0. The standard InChI is InChI=1S/C51H40N4/c1-37-25-33-44(34-26-37)54(42-17-7-3-8-18-42)45-35-31-39(32-36-45)47-22-12-14-24-49(47)48-23-13-11-21-46(48)38-27-29-41(30-28-38)51(53)55(43-19-9-4-10-20-43)50(52)40-15-5-2-6-16-40/h2-36,52-53H,1H3/p+1. The molecule has 0 aliphatic heterocycles. The normalized spacial score (nSPS) is 10.8. The summed E-state index contributed by atoms with van der Waals surface area (Å²) in [6.07, 6.45) is 0. The van der Waals surface area contributed by atoms with Crippen LogP contribution in [0.25, 0.3) is 33.4 Å². The van der Waals surface area contributed by atoms with Gasteiger partial charge in [0.15, 0.2) is 0 Å². The van der Waals surface area contributed by atoms with Gasteiger partial charge in [0.25, 0.3) is 5.84 Å². The average molecular weight is 710 g/mol. The van der Waals surface area contributed by atoms with Gasteiger partial charge in [0.1, 0.15) is 5.69 Å². The Labute approximate surface area is 323 Å². The minimum atomic E-state index is 0.311. The quantitative estimate of drug-likeness (QED) is 0.116. The van der Waals surface area contributed by atoms with Crippen molar-refractivity contribution in [1.29, 1.82) is 5.41 Å². The molecular formula is C51H41N4+. The summed E-state index contributed by atoms with van der Waals surface area (Å²) in [5.41, 5.74) is 13.8. The van der Waals surface area contributed by atoms with Crippen LogP contribution in [-0.2, 0) is 0 Å². The van der Waals surface area contributed by atoms with Crippen molar-refractivity contribution in [2.45, 2.75) is 6.92 Å². The van der Waals surface area contributed by atoms with Gasteiger partial charge in [-0.1, -0.05) is 145 Å². The zero-order chi connectivity index (χ0) is 37.6. The number of nitrogens with zero attached hydrogens (tertiary/aromatic N) is 2. The molecule has 264 valence electrons. The molecule has 0 saturated heterocycles. The Morgan fingerprint density at radius 1 is 0.382 bits per heavy atom. The van der Waals surface area contributed by atoms with Gasteiger partial charge in [0, 0.05) is 22.6 Å². The monoisotopic (exact) mass is 709 g/mol. The molecule has 0 spiro atoms. The van der Waals surface area contributed by atoms with Crippen molar-refractivity contribution in [1.82, 2.24) is 0 Å². The molecule has 0 aliphatic rings. The van der Waals surface area contributed by atoms with Crippen molar-refractivity contribution in [3.63, 3.8) is 0 Å². The predicted octanol–water partition coefficient (Wildman–Crippen LogP) is 11.5. The Morgan fingerprint density at radius 2 is 0.764 bits per heavy atom. The summed E-state index contributed by atoms with van der Waals surface area (Å²) in [5.74, 6) is 0.799. The second-order valence-electron chi connectivity index (χ2n) is 13.5. The number of hydrogen-bond donors (Lipinski definition) is 2. The highest BCUT2D eigenvalue weighted by Crippen LogP contribution is 2.40. The van der Waals surface area contributed by atoms with Crippen LogP contribution in [0.4, 0.5) is 22.7 Å². The van der Waals surface area contributed by atoms with Gasteiger partial charge < -0.3 is 4.90 Å². The number of amidine groups is 2. The first kappa shape index (κ1) is 34.8. The molecule has 0 amide bonds. The highest BCUT2D eigenvalue weighted by Gasteiger charge is 2.28. The fourth-order valence-electron chi connectivity index (χ4n) is 7.09. The first-order valence-corrected chi connectivity index (χ1v) is 18.5. The van der Waals surface area contributed by atoms with Crippen molar-refractivity contribution >= 4 is 34.4 Å². The SMILES string of the molecule is Cc1ccc(N(c2ccccc2)c2ccc(-c3ccccc3-c3ccccc3-c3ccc(C(=[NH2+])N(C(=N)c4ccccc4)c4ccccc4)cc3)cc2)cc1. The molecule has 0 fully saturated rings. The molecule has 55 heavy (non-hydrogen) atoms. The average Bonchev–Trinajstić information content (AvgIpc) is 3.26. The van der Waals surface area contributed by atoms with Crippen molar-refractivity contribution in [3.05, 3.63) is 229 Å². The third-order valence-corrected chi connectivity index (χ3v) is 9.91. The lowest BCUT2D eigenvalue weighted by Crippen LogP contribution is -2.54. The Morgan fingerprint density at radius 3 is 1.27 bits per heavy atom. The lowest BCUT2D eigenvalue weighted by Gasteiger charge is -2.26. The van der Waals surface area contributed by atoms with Gasteiger partial charge in [0.2, 0.25) is 5.84 Å². The topological polar surface area (TPSA) is 55.9 Å². The fraction of sp³-hybridized carbons (Fsp3) is 0.0196. The molecule has 4 nitrogen and oxygen atoms in total. The number of anilines is 4. The van der Waals surface area contributed by atoms with Gasteiger partial charge >= 0.3 is 0 Å². The summed E-state index contributed by atoms with van der Waals surface area (Å²) in [6.45, 7) is 2.12. The van der Waals surface area contributed by atoms with E-state index in [1.165, 1.54) is 5.56 Å². The van der Waals surface area contributed by atoms with Gasteiger partial charge in [-0.2, -0.15) is 4.90 Å². The van der Waals surface area contributed by atoms with Crippen LogP contribution in [0.5, 0.6) is 0 Å². The Balaban J connectivity index is 1.11. The van der Waals surface area contributed by atoms with Gasteiger partial charge in [-0.3, -0.25) is 10.8 Å². The zero-order valence-corrected chi connectivity index (χ0v) is 30.7. The smallest absolute Gasteiger partial charge is 0.286 e. The first-order chi connectivity index (χ1) is 27.0. The molecule has 0 bridgehead atoms. The molecular weight excluding hydrogens is 669 g/mol. The van der Waals surface area contributed by atoms with E-state index in [4.69, 9.17) is 10.8 Å². The molecule has 3 N–H and O–H groups in total. The molecule has 0 atom stereocenters. The summed E-state index contributed by atoms with van der Waals surface area (Å²) in [6, 6.07) is 73.1. The predicted molar refractivity (Wildman–Crippen MR) is 230 cm³/mol. The van der Waals surface area contributed by atoms with Crippen LogP contribution < -0.4 is 15.2 Å². The van der Waals surface area contributed by atoms with Crippen molar-refractivity contribution < 1.29 is 5.41 Å². The number of nitrogens with one attached hydrogen (secondary N) is 1. The molecule has 8 aromatic rings. The van der Waals surface area contributed by atoms with E-state index in [1.807, 2.05) is 72.8 Å². The van der Waals surface area contributed by atoms with Crippen LogP contribution in [0.1, 0.15) is 16.7 Å². The first-order valence-electron chi connectivity index (χ1n) is 18.5. The molecule has 8 rings (SSSR count). The number of benzene rings is 8. The maximum atomic E-state index is 9.14. The summed E-state index contributed by atoms with van der Waals surface area (Å²) in [4.78, 5) is 4.10. The number of para-hydroxylation sites is 2. The van der Waals surface area contributed by atoms with Gasteiger partial charge in [-0.15, -0.1) is 0 Å². The Kier molecular flexibility index (Phi) is 9.95.